The first kappa shape index (κ1) is 17.7. The summed E-state index contributed by atoms with van der Waals surface area (Å²) in [6, 6.07) is 3.76. The summed E-state index contributed by atoms with van der Waals surface area (Å²) in [5, 5.41) is 0.998. The van der Waals surface area contributed by atoms with E-state index in [-0.39, 0.29) is 10.8 Å². The van der Waals surface area contributed by atoms with Gasteiger partial charge in [-0.2, -0.15) is 13.5 Å². The van der Waals surface area contributed by atoms with Crippen LogP contribution in [-0.4, -0.2) is 48.3 Å². The summed E-state index contributed by atoms with van der Waals surface area (Å²) >= 11 is 0.936. The van der Waals surface area contributed by atoms with Crippen LogP contribution in [0.25, 0.3) is 11.0 Å². The van der Waals surface area contributed by atoms with Gasteiger partial charge < -0.3 is 0 Å². The number of hydrogen-bond donors (Lipinski definition) is 1. The highest BCUT2D eigenvalue weighted by atomic mass is 32.2. The standard InChI is InChI=1S/C13H18N4O4S2/c1-8(2)11(13(18)17(3)21-4)16-23(19,20)10-7-5-6-9-12(10)15-22-14-9/h5-8,11,16H,1-4H3. The average Bonchev–Trinajstić information content (AvgIpc) is 2.99. The Morgan fingerprint density at radius 3 is 2.65 bits per heavy atom. The molecule has 0 aliphatic carbocycles. The SMILES string of the molecule is CON(C)C(=O)C(NS(=O)(=O)c1cccc2nsnc12)C(C)C. The molecule has 1 heterocycles. The van der Waals surface area contributed by atoms with E-state index in [9.17, 15) is 13.2 Å². The lowest BCUT2D eigenvalue weighted by Gasteiger charge is -2.25. The smallest absolute Gasteiger partial charge is 0.264 e. The Labute approximate surface area is 138 Å². The van der Waals surface area contributed by atoms with E-state index < -0.39 is 22.0 Å². The molecule has 10 heteroatoms. The molecule has 1 atom stereocenters. The summed E-state index contributed by atoms with van der Waals surface area (Å²) in [4.78, 5) is 17.1. The van der Waals surface area contributed by atoms with Crippen molar-refractivity contribution < 1.29 is 18.0 Å². The van der Waals surface area contributed by atoms with Gasteiger partial charge in [-0.1, -0.05) is 19.9 Å². The van der Waals surface area contributed by atoms with Crippen molar-refractivity contribution in [1.29, 1.82) is 0 Å². The Hall–Kier alpha value is -1.62. The van der Waals surface area contributed by atoms with Crippen LogP contribution in [0, 0.1) is 5.92 Å². The lowest BCUT2D eigenvalue weighted by atomic mass is 10.1. The van der Waals surface area contributed by atoms with Gasteiger partial charge >= 0.3 is 0 Å². The molecule has 23 heavy (non-hydrogen) atoms. The van der Waals surface area contributed by atoms with E-state index in [1.807, 2.05) is 0 Å². The van der Waals surface area contributed by atoms with E-state index in [4.69, 9.17) is 4.84 Å². The molecular weight excluding hydrogens is 340 g/mol. The molecule has 8 nitrogen and oxygen atoms in total. The first-order valence-electron chi connectivity index (χ1n) is 6.83. The van der Waals surface area contributed by atoms with E-state index in [1.54, 1.807) is 26.0 Å². The number of nitrogens with zero attached hydrogens (tertiary/aromatic N) is 3. The molecule has 0 saturated heterocycles. The van der Waals surface area contributed by atoms with Gasteiger partial charge in [-0.05, 0) is 18.1 Å². The molecule has 1 aromatic heterocycles. The van der Waals surface area contributed by atoms with Crippen LogP contribution in [0.15, 0.2) is 23.1 Å². The molecule has 126 valence electrons. The molecule has 1 aromatic carbocycles. The highest BCUT2D eigenvalue weighted by Gasteiger charge is 2.31. The summed E-state index contributed by atoms with van der Waals surface area (Å²) in [6.45, 7) is 3.50. The number of sulfonamides is 1. The second-order valence-electron chi connectivity index (χ2n) is 5.25. The minimum atomic E-state index is -3.94. The van der Waals surface area contributed by atoms with E-state index >= 15 is 0 Å². The minimum absolute atomic E-state index is 0.00210. The summed E-state index contributed by atoms with van der Waals surface area (Å²) in [5.41, 5.74) is 0.791. The minimum Gasteiger partial charge on any atom is -0.275 e. The Kier molecular flexibility index (Phi) is 5.30. The van der Waals surface area contributed by atoms with Crippen molar-refractivity contribution in [3.05, 3.63) is 18.2 Å². The van der Waals surface area contributed by atoms with Gasteiger partial charge in [0.05, 0.1) is 18.8 Å². The number of carbonyl (C=O) groups excluding carboxylic acids is 1. The first-order chi connectivity index (χ1) is 10.8. The number of hydroxylamine groups is 2. The lowest BCUT2D eigenvalue weighted by Crippen LogP contribution is -2.49. The van der Waals surface area contributed by atoms with Crippen LogP contribution in [0.4, 0.5) is 0 Å². The topological polar surface area (TPSA) is 101 Å². The summed E-state index contributed by atoms with van der Waals surface area (Å²) in [6.07, 6.45) is 0. The molecule has 2 rings (SSSR count). The van der Waals surface area contributed by atoms with Crippen molar-refractivity contribution in [2.45, 2.75) is 24.8 Å². The predicted octanol–water partition coefficient (Wildman–Crippen LogP) is 1.01. The average molecular weight is 358 g/mol. The molecule has 0 aliphatic rings. The second kappa shape index (κ2) is 6.87. The zero-order chi connectivity index (χ0) is 17.2. The van der Waals surface area contributed by atoms with E-state index in [2.05, 4.69) is 13.5 Å². The monoisotopic (exact) mass is 358 g/mol. The molecule has 0 spiro atoms. The zero-order valence-corrected chi connectivity index (χ0v) is 14.8. The Bertz CT molecular complexity index is 803. The van der Waals surface area contributed by atoms with Crippen LogP contribution in [0.3, 0.4) is 0 Å². The fourth-order valence-corrected chi connectivity index (χ4v) is 4.09. The number of benzene rings is 1. The highest BCUT2D eigenvalue weighted by Crippen LogP contribution is 2.22. The third-order valence-electron chi connectivity index (χ3n) is 3.34. The number of rotatable bonds is 6. The summed E-state index contributed by atoms with van der Waals surface area (Å²) in [7, 11) is -1.17. The molecule has 2 aromatic rings. The molecule has 1 unspecified atom stereocenters. The zero-order valence-electron chi connectivity index (χ0n) is 13.2. The third-order valence-corrected chi connectivity index (χ3v) is 5.35. The van der Waals surface area contributed by atoms with Crippen LogP contribution in [-0.2, 0) is 19.7 Å². The van der Waals surface area contributed by atoms with Crippen molar-refractivity contribution in [3.63, 3.8) is 0 Å². The molecule has 0 radical (unpaired) electrons. The number of fused-ring (bicyclic) bond motifs is 1. The van der Waals surface area contributed by atoms with Crippen LogP contribution in [0.2, 0.25) is 0 Å². The van der Waals surface area contributed by atoms with Crippen molar-refractivity contribution >= 4 is 38.7 Å². The van der Waals surface area contributed by atoms with Crippen LogP contribution in [0.1, 0.15) is 13.8 Å². The maximum absolute atomic E-state index is 12.7. The number of nitrogens with one attached hydrogen (secondary N) is 1. The number of amides is 1. The largest absolute Gasteiger partial charge is 0.275 e. The fraction of sp³-hybridized carbons (Fsp3) is 0.462. The van der Waals surface area contributed by atoms with Gasteiger partial charge in [0.25, 0.3) is 5.91 Å². The van der Waals surface area contributed by atoms with Crippen molar-refractivity contribution in [2.24, 2.45) is 5.92 Å². The van der Waals surface area contributed by atoms with Crippen LogP contribution in [0.5, 0.6) is 0 Å². The Balaban J connectivity index is 2.39. The summed E-state index contributed by atoms with van der Waals surface area (Å²) < 4.78 is 35.9. The van der Waals surface area contributed by atoms with E-state index in [1.165, 1.54) is 20.2 Å². The summed E-state index contributed by atoms with van der Waals surface area (Å²) in [5.74, 6) is -0.739. The molecule has 1 N–H and O–H groups in total. The number of carbonyl (C=O) groups is 1. The van der Waals surface area contributed by atoms with Crippen molar-refractivity contribution in [1.82, 2.24) is 18.5 Å². The van der Waals surface area contributed by atoms with Gasteiger partial charge in [-0.3, -0.25) is 9.63 Å². The van der Waals surface area contributed by atoms with Gasteiger partial charge in [0.2, 0.25) is 10.0 Å². The normalized spacial score (nSPS) is 13.4. The Morgan fingerprint density at radius 2 is 2.04 bits per heavy atom. The van der Waals surface area contributed by atoms with E-state index in [0.29, 0.717) is 11.0 Å². The van der Waals surface area contributed by atoms with Crippen LogP contribution >= 0.6 is 11.7 Å². The highest BCUT2D eigenvalue weighted by molar-refractivity contribution is 7.89. The molecule has 0 aliphatic heterocycles. The van der Waals surface area contributed by atoms with Crippen molar-refractivity contribution in [2.75, 3.05) is 14.2 Å². The van der Waals surface area contributed by atoms with Gasteiger partial charge in [0.15, 0.2) is 0 Å². The molecule has 1 amide bonds. The predicted molar refractivity (Wildman–Crippen MR) is 86.1 cm³/mol. The molecule has 0 bridgehead atoms. The lowest BCUT2D eigenvalue weighted by molar-refractivity contribution is -0.171. The van der Waals surface area contributed by atoms with Gasteiger partial charge in [-0.25, -0.2) is 13.5 Å². The quantitative estimate of drug-likeness (QED) is 0.774. The fourth-order valence-electron chi connectivity index (χ4n) is 1.99. The first-order valence-corrected chi connectivity index (χ1v) is 9.04. The second-order valence-corrected chi connectivity index (χ2v) is 7.46. The Morgan fingerprint density at radius 1 is 1.35 bits per heavy atom. The van der Waals surface area contributed by atoms with E-state index in [0.717, 1.165) is 16.8 Å². The maximum Gasteiger partial charge on any atom is 0.264 e. The number of likely N-dealkylation sites (N-methyl/N-ethyl adjacent to an activating group) is 1. The van der Waals surface area contributed by atoms with Crippen molar-refractivity contribution in [3.8, 4) is 0 Å². The third kappa shape index (κ3) is 3.66. The maximum atomic E-state index is 12.7. The molecular formula is C13H18N4O4S2. The molecule has 0 saturated carbocycles. The van der Waals surface area contributed by atoms with Gasteiger partial charge in [-0.15, -0.1) is 0 Å². The van der Waals surface area contributed by atoms with Gasteiger partial charge in [0, 0.05) is 7.05 Å². The van der Waals surface area contributed by atoms with Crippen LogP contribution < -0.4 is 4.72 Å². The molecule has 0 fully saturated rings. The number of hydrogen-bond acceptors (Lipinski definition) is 7. The van der Waals surface area contributed by atoms with Gasteiger partial charge in [0.1, 0.15) is 22.0 Å². The number of aromatic nitrogens is 2.